The number of aliphatic imine (C=N–C) groups is 1. The van der Waals surface area contributed by atoms with Crippen molar-refractivity contribution in [2.24, 2.45) is 4.99 Å². The van der Waals surface area contributed by atoms with Crippen LogP contribution in [0.2, 0.25) is 0 Å². The van der Waals surface area contributed by atoms with Crippen LogP contribution in [0.4, 0.5) is 0 Å². The Kier molecular flexibility index (Phi) is 3.09. The molecule has 0 bridgehead atoms. The van der Waals surface area contributed by atoms with Gasteiger partial charge in [0.05, 0.1) is 5.54 Å². The van der Waals surface area contributed by atoms with Gasteiger partial charge in [0.1, 0.15) is 0 Å². The third kappa shape index (κ3) is 2.03. The fraction of sp³-hybridized carbons (Fsp3) is 0.308. The summed E-state index contributed by atoms with van der Waals surface area (Å²) in [6.45, 7) is 9.56. The van der Waals surface area contributed by atoms with Crippen LogP contribution >= 0.6 is 0 Å². The van der Waals surface area contributed by atoms with Gasteiger partial charge in [0.25, 0.3) is 0 Å². The van der Waals surface area contributed by atoms with Crippen LogP contribution < -0.4 is 0 Å². The van der Waals surface area contributed by atoms with Crippen molar-refractivity contribution >= 4 is 6.72 Å². The summed E-state index contributed by atoms with van der Waals surface area (Å²) in [7, 11) is 0. The third-order valence-electron chi connectivity index (χ3n) is 2.61. The molecule has 0 radical (unpaired) electrons. The van der Waals surface area contributed by atoms with Crippen LogP contribution in [0.5, 0.6) is 0 Å². The van der Waals surface area contributed by atoms with E-state index in [-0.39, 0.29) is 5.54 Å². The average Bonchev–Trinajstić information content (AvgIpc) is 2.19. The second kappa shape index (κ2) is 4.11. The molecule has 1 unspecified atom stereocenters. The van der Waals surface area contributed by atoms with Crippen LogP contribution in [0, 0.1) is 12.3 Å². The molecular formula is C13H15N. The monoisotopic (exact) mass is 185 g/mol. The zero-order valence-corrected chi connectivity index (χ0v) is 8.59. The Morgan fingerprint density at radius 2 is 2.36 bits per heavy atom. The molecule has 0 heterocycles. The lowest BCUT2D eigenvalue weighted by molar-refractivity contribution is 0.523. The molecule has 1 atom stereocenters. The van der Waals surface area contributed by atoms with E-state index in [1.807, 2.05) is 25.2 Å². The second-order valence-electron chi connectivity index (χ2n) is 3.67. The fourth-order valence-corrected chi connectivity index (χ4v) is 1.45. The highest BCUT2D eigenvalue weighted by molar-refractivity contribution is 5.44. The molecule has 1 aliphatic carbocycles. The van der Waals surface area contributed by atoms with Gasteiger partial charge in [-0.1, -0.05) is 30.2 Å². The predicted octanol–water partition coefficient (Wildman–Crippen LogP) is 2.91. The van der Waals surface area contributed by atoms with E-state index in [2.05, 4.69) is 24.2 Å². The van der Waals surface area contributed by atoms with Crippen molar-refractivity contribution in [2.45, 2.75) is 25.3 Å². The zero-order chi connectivity index (χ0) is 10.6. The standard InChI is InChI=1S/C13H15N/c1-5-12-8-6-7-11(2)9-10-13(12,3)14-4/h1,6-8H,2,4,9-10H2,3H3/b7-6-,12-8-. The van der Waals surface area contributed by atoms with Gasteiger partial charge >= 0.3 is 0 Å². The number of nitrogens with zero attached hydrogens (tertiary/aromatic N) is 1. The highest BCUT2D eigenvalue weighted by Crippen LogP contribution is 2.29. The molecule has 14 heavy (non-hydrogen) atoms. The van der Waals surface area contributed by atoms with Crippen LogP contribution in [0.1, 0.15) is 19.8 Å². The van der Waals surface area contributed by atoms with Crippen LogP contribution in [0.25, 0.3) is 0 Å². The molecule has 0 amide bonds. The average molecular weight is 185 g/mol. The number of terminal acetylenes is 1. The fourth-order valence-electron chi connectivity index (χ4n) is 1.45. The maximum absolute atomic E-state index is 5.45. The van der Waals surface area contributed by atoms with Gasteiger partial charge in [0, 0.05) is 5.57 Å². The molecule has 0 saturated carbocycles. The summed E-state index contributed by atoms with van der Waals surface area (Å²) in [5, 5.41) is 0. The third-order valence-corrected chi connectivity index (χ3v) is 2.61. The Balaban J connectivity index is 3.12. The maximum atomic E-state index is 5.45. The van der Waals surface area contributed by atoms with Crippen molar-refractivity contribution in [1.29, 1.82) is 0 Å². The SMILES string of the molecule is C#C/C1=C/C=C\C(=C)CCC1(C)N=C. The van der Waals surface area contributed by atoms with Gasteiger partial charge in [-0.25, -0.2) is 0 Å². The summed E-state index contributed by atoms with van der Waals surface area (Å²) in [6, 6.07) is 0. The summed E-state index contributed by atoms with van der Waals surface area (Å²) >= 11 is 0. The van der Waals surface area contributed by atoms with Crippen molar-refractivity contribution in [3.05, 3.63) is 36.0 Å². The maximum Gasteiger partial charge on any atom is 0.0901 e. The van der Waals surface area contributed by atoms with Gasteiger partial charge in [-0.3, -0.25) is 4.99 Å². The van der Waals surface area contributed by atoms with E-state index in [1.165, 1.54) is 0 Å². The smallest absolute Gasteiger partial charge is 0.0901 e. The summed E-state index contributed by atoms with van der Waals surface area (Å²) in [6.07, 6.45) is 13.1. The van der Waals surface area contributed by atoms with E-state index >= 15 is 0 Å². The summed E-state index contributed by atoms with van der Waals surface area (Å²) in [5.41, 5.74) is 1.66. The quantitative estimate of drug-likeness (QED) is 0.440. The van der Waals surface area contributed by atoms with Gasteiger partial charge in [0.15, 0.2) is 0 Å². The minimum absolute atomic E-state index is 0.331. The molecule has 1 heteroatoms. The van der Waals surface area contributed by atoms with Crippen molar-refractivity contribution in [3.63, 3.8) is 0 Å². The molecule has 0 aromatic carbocycles. The first-order valence-electron chi connectivity index (χ1n) is 4.63. The van der Waals surface area contributed by atoms with Crippen LogP contribution in [-0.4, -0.2) is 12.3 Å². The molecule has 1 aliphatic rings. The topological polar surface area (TPSA) is 12.4 Å². The molecule has 1 rings (SSSR count). The number of hydrogen-bond donors (Lipinski definition) is 0. The Morgan fingerprint density at radius 3 is 2.93 bits per heavy atom. The Hall–Kier alpha value is -1.55. The number of rotatable bonds is 1. The second-order valence-corrected chi connectivity index (χ2v) is 3.67. The number of hydrogen-bond acceptors (Lipinski definition) is 1. The molecule has 72 valence electrons. The minimum atomic E-state index is -0.331. The summed E-state index contributed by atoms with van der Waals surface area (Å²) in [4.78, 5) is 4.13. The first-order chi connectivity index (χ1) is 6.62. The normalized spacial score (nSPS) is 33.1. The van der Waals surface area contributed by atoms with E-state index in [0.29, 0.717) is 0 Å². The van der Waals surface area contributed by atoms with Crippen molar-refractivity contribution < 1.29 is 0 Å². The van der Waals surface area contributed by atoms with Crippen molar-refractivity contribution in [3.8, 4) is 12.3 Å². The molecule has 0 saturated heterocycles. The van der Waals surface area contributed by atoms with Crippen LogP contribution in [-0.2, 0) is 0 Å². The predicted molar refractivity (Wildman–Crippen MR) is 62.4 cm³/mol. The van der Waals surface area contributed by atoms with Crippen LogP contribution in [0.3, 0.4) is 0 Å². The van der Waals surface area contributed by atoms with Crippen molar-refractivity contribution in [1.82, 2.24) is 0 Å². The number of allylic oxidation sites excluding steroid dienone is 4. The van der Waals surface area contributed by atoms with E-state index in [4.69, 9.17) is 6.42 Å². The van der Waals surface area contributed by atoms with E-state index in [1.54, 1.807) is 0 Å². The molecule has 0 aliphatic heterocycles. The first kappa shape index (κ1) is 10.5. The van der Waals surface area contributed by atoms with Gasteiger partial charge in [-0.05, 0) is 32.6 Å². The molecule has 1 nitrogen and oxygen atoms in total. The summed E-state index contributed by atoms with van der Waals surface area (Å²) in [5.74, 6) is 2.67. The highest BCUT2D eigenvalue weighted by Gasteiger charge is 2.26. The van der Waals surface area contributed by atoms with E-state index in [9.17, 15) is 0 Å². The Bertz CT molecular complexity index is 352. The lowest BCUT2D eigenvalue weighted by Crippen LogP contribution is -2.24. The first-order valence-corrected chi connectivity index (χ1v) is 4.63. The van der Waals surface area contributed by atoms with Gasteiger partial charge < -0.3 is 0 Å². The van der Waals surface area contributed by atoms with E-state index < -0.39 is 0 Å². The van der Waals surface area contributed by atoms with Gasteiger partial charge in [-0.15, -0.1) is 6.42 Å². The lowest BCUT2D eigenvalue weighted by atomic mass is 9.85. The largest absolute Gasteiger partial charge is 0.289 e. The lowest BCUT2D eigenvalue weighted by Gasteiger charge is -2.26. The van der Waals surface area contributed by atoms with Gasteiger partial charge in [-0.2, -0.15) is 0 Å². The molecule has 0 N–H and O–H groups in total. The molecular weight excluding hydrogens is 170 g/mol. The summed E-state index contributed by atoms with van der Waals surface area (Å²) < 4.78 is 0. The Labute approximate surface area is 85.9 Å². The highest BCUT2D eigenvalue weighted by atomic mass is 14.8. The molecule has 0 aromatic heterocycles. The molecule has 0 aromatic rings. The van der Waals surface area contributed by atoms with Crippen molar-refractivity contribution in [2.75, 3.05) is 0 Å². The van der Waals surface area contributed by atoms with E-state index in [0.717, 1.165) is 24.0 Å². The zero-order valence-electron chi connectivity index (χ0n) is 8.59. The van der Waals surface area contributed by atoms with Gasteiger partial charge in [0.2, 0.25) is 0 Å². The van der Waals surface area contributed by atoms with Crippen LogP contribution in [0.15, 0.2) is 40.9 Å². The molecule has 0 spiro atoms. The minimum Gasteiger partial charge on any atom is -0.289 e. The molecule has 0 fully saturated rings. The Morgan fingerprint density at radius 1 is 1.64 bits per heavy atom.